The summed E-state index contributed by atoms with van der Waals surface area (Å²) in [6.07, 6.45) is 0.409. The third-order valence-corrected chi connectivity index (χ3v) is 5.39. The van der Waals surface area contributed by atoms with Gasteiger partial charge in [-0.25, -0.2) is 19.2 Å². The second-order valence-electron chi connectivity index (χ2n) is 7.66. The normalized spacial score (nSPS) is 11.1. The minimum absolute atomic E-state index is 0.294. The fraction of sp³-hybridized carbons (Fsp3) is 0.0741. The molecular formula is C27H19FN2O2. The van der Waals surface area contributed by atoms with Crippen LogP contribution in [0.1, 0.15) is 17.0 Å². The summed E-state index contributed by atoms with van der Waals surface area (Å²) >= 11 is 0. The first-order chi connectivity index (χ1) is 15.6. The molecule has 0 aliphatic carbocycles. The van der Waals surface area contributed by atoms with Crippen LogP contribution in [-0.4, -0.2) is 9.97 Å². The smallest absolute Gasteiger partial charge is 0.345 e. The Bertz CT molecular complexity index is 1490. The van der Waals surface area contributed by atoms with Crippen molar-refractivity contribution in [2.75, 3.05) is 0 Å². The summed E-state index contributed by atoms with van der Waals surface area (Å²) in [7, 11) is 0. The molecule has 0 atom stereocenters. The van der Waals surface area contributed by atoms with Crippen molar-refractivity contribution in [2.45, 2.75) is 13.3 Å². The van der Waals surface area contributed by atoms with Gasteiger partial charge in [0.2, 0.25) is 0 Å². The van der Waals surface area contributed by atoms with Gasteiger partial charge in [-0.1, -0.05) is 54.6 Å². The number of hydrogen-bond donors (Lipinski definition) is 0. The van der Waals surface area contributed by atoms with E-state index in [0.29, 0.717) is 29.1 Å². The molecule has 4 nitrogen and oxygen atoms in total. The maximum absolute atomic E-state index is 13.3. The van der Waals surface area contributed by atoms with Crippen molar-refractivity contribution < 1.29 is 8.81 Å². The van der Waals surface area contributed by atoms with Crippen LogP contribution < -0.4 is 5.63 Å². The van der Waals surface area contributed by atoms with Crippen LogP contribution >= 0.6 is 0 Å². The average molecular weight is 422 g/mol. The van der Waals surface area contributed by atoms with Gasteiger partial charge in [0, 0.05) is 17.4 Å². The molecule has 2 aromatic heterocycles. The lowest BCUT2D eigenvalue weighted by atomic mass is 10.0. The molecule has 0 fully saturated rings. The molecule has 5 rings (SSSR count). The molecule has 0 bridgehead atoms. The van der Waals surface area contributed by atoms with Gasteiger partial charge in [0.1, 0.15) is 17.2 Å². The molecular weight excluding hydrogens is 403 g/mol. The lowest BCUT2D eigenvalue weighted by Crippen LogP contribution is -2.07. The minimum atomic E-state index is -0.453. The van der Waals surface area contributed by atoms with Gasteiger partial charge in [-0.3, -0.25) is 0 Å². The number of rotatable bonds is 4. The molecule has 32 heavy (non-hydrogen) atoms. The third kappa shape index (κ3) is 3.93. The molecule has 156 valence electrons. The van der Waals surface area contributed by atoms with Crippen LogP contribution in [0.25, 0.3) is 33.5 Å². The van der Waals surface area contributed by atoms with Gasteiger partial charge in [0.05, 0.1) is 17.0 Å². The molecule has 3 aromatic carbocycles. The van der Waals surface area contributed by atoms with E-state index in [2.05, 4.69) is 4.98 Å². The van der Waals surface area contributed by atoms with Crippen molar-refractivity contribution in [3.8, 4) is 22.5 Å². The zero-order chi connectivity index (χ0) is 22.1. The van der Waals surface area contributed by atoms with Crippen molar-refractivity contribution in [1.82, 2.24) is 9.97 Å². The van der Waals surface area contributed by atoms with Gasteiger partial charge in [-0.2, -0.15) is 0 Å². The molecule has 0 unspecified atom stereocenters. The number of hydrogen-bond acceptors (Lipinski definition) is 4. The lowest BCUT2D eigenvalue weighted by Gasteiger charge is -2.11. The fourth-order valence-corrected chi connectivity index (χ4v) is 3.74. The highest BCUT2D eigenvalue weighted by atomic mass is 19.1. The molecule has 5 heteroatoms. The van der Waals surface area contributed by atoms with Crippen LogP contribution in [0.3, 0.4) is 0 Å². The summed E-state index contributed by atoms with van der Waals surface area (Å²) in [5.41, 5.74) is 4.57. The summed E-state index contributed by atoms with van der Waals surface area (Å²) in [5.74, 6) is 0.248. The summed E-state index contributed by atoms with van der Waals surface area (Å²) in [6, 6.07) is 25.2. The Balaban J connectivity index is 1.69. The molecule has 0 radical (unpaired) electrons. The van der Waals surface area contributed by atoms with Crippen LogP contribution in [0.4, 0.5) is 4.39 Å². The summed E-state index contributed by atoms with van der Waals surface area (Å²) < 4.78 is 18.9. The number of nitrogens with zero attached hydrogens (tertiary/aromatic N) is 2. The Morgan fingerprint density at radius 1 is 0.812 bits per heavy atom. The molecule has 0 saturated heterocycles. The Morgan fingerprint density at radius 3 is 2.28 bits per heavy atom. The number of para-hydroxylation sites is 1. The minimum Gasteiger partial charge on any atom is -0.422 e. The second-order valence-corrected chi connectivity index (χ2v) is 7.66. The highest BCUT2D eigenvalue weighted by Crippen LogP contribution is 2.27. The highest BCUT2D eigenvalue weighted by Gasteiger charge is 2.15. The highest BCUT2D eigenvalue weighted by molar-refractivity contribution is 5.81. The first-order valence-corrected chi connectivity index (χ1v) is 10.3. The molecule has 0 amide bonds. The SMILES string of the molecule is Cc1ccccc1-c1cc(-c2cc3ccccc3oc2=O)nc(Cc2ccc(F)cc2)n1. The molecule has 2 heterocycles. The monoisotopic (exact) mass is 422 g/mol. The quantitative estimate of drug-likeness (QED) is 0.336. The fourth-order valence-electron chi connectivity index (χ4n) is 3.74. The number of aryl methyl sites for hydroxylation is 1. The summed E-state index contributed by atoms with van der Waals surface area (Å²) in [4.78, 5) is 22.2. The van der Waals surface area contributed by atoms with Gasteiger partial charge in [-0.05, 0) is 48.4 Å². The Morgan fingerprint density at radius 2 is 1.50 bits per heavy atom. The van der Waals surface area contributed by atoms with Crippen LogP contribution in [-0.2, 0) is 6.42 Å². The second kappa shape index (κ2) is 8.19. The standard InChI is InChI=1S/C27H19FN2O2/c1-17-6-2-4-8-21(17)23-16-24(22-15-19-7-3-5-9-25(19)32-27(22)31)30-26(29-23)14-18-10-12-20(28)13-11-18/h2-13,15-16H,14H2,1H3. The zero-order valence-electron chi connectivity index (χ0n) is 17.4. The van der Waals surface area contributed by atoms with Crippen molar-refractivity contribution in [3.05, 3.63) is 118 Å². The van der Waals surface area contributed by atoms with E-state index in [9.17, 15) is 9.18 Å². The Hall–Kier alpha value is -4.12. The number of aromatic nitrogens is 2. The lowest BCUT2D eigenvalue weighted by molar-refractivity contribution is 0.563. The zero-order valence-corrected chi connectivity index (χ0v) is 17.4. The summed E-state index contributed by atoms with van der Waals surface area (Å²) in [5, 5.41) is 0.818. The molecule has 0 N–H and O–H groups in total. The average Bonchev–Trinajstić information content (AvgIpc) is 2.80. The number of fused-ring (bicyclic) bond motifs is 1. The van der Waals surface area contributed by atoms with Crippen LogP contribution in [0.5, 0.6) is 0 Å². The van der Waals surface area contributed by atoms with Gasteiger partial charge < -0.3 is 4.42 Å². The summed E-state index contributed by atoms with van der Waals surface area (Å²) in [6.45, 7) is 2.02. The maximum Gasteiger partial charge on any atom is 0.345 e. The van der Waals surface area contributed by atoms with Crippen LogP contribution in [0.2, 0.25) is 0 Å². The molecule has 0 aliphatic heterocycles. The van der Waals surface area contributed by atoms with E-state index < -0.39 is 5.63 Å². The third-order valence-electron chi connectivity index (χ3n) is 5.39. The number of halogens is 1. The largest absolute Gasteiger partial charge is 0.422 e. The van der Waals surface area contributed by atoms with Crippen molar-refractivity contribution in [2.24, 2.45) is 0 Å². The van der Waals surface area contributed by atoms with Crippen molar-refractivity contribution in [1.29, 1.82) is 0 Å². The first-order valence-electron chi connectivity index (χ1n) is 10.3. The van der Waals surface area contributed by atoms with E-state index >= 15 is 0 Å². The van der Waals surface area contributed by atoms with Crippen molar-refractivity contribution in [3.63, 3.8) is 0 Å². The van der Waals surface area contributed by atoms with E-state index in [0.717, 1.165) is 27.8 Å². The van der Waals surface area contributed by atoms with Crippen molar-refractivity contribution >= 4 is 11.0 Å². The van der Waals surface area contributed by atoms with E-state index in [1.807, 2.05) is 55.5 Å². The molecule has 5 aromatic rings. The van der Waals surface area contributed by atoms with E-state index in [-0.39, 0.29) is 5.82 Å². The van der Waals surface area contributed by atoms with Gasteiger partial charge >= 0.3 is 5.63 Å². The predicted molar refractivity (Wildman–Crippen MR) is 123 cm³/mol. The Kier molecular flexibility index (Phi) is 5.07. The topological polar surface area (TPSA) is 56.0 Å². The number of benzene rings is 3. The van der Waals surface area contributed by atoms with E-state index in [4.69, 9.17) is 9.40 Å². The first kappa shape index (κ1) is 19.8. The predicted octanol–water partition coefficient (Wildman–Crippen LogP) is 5.96. The van der Waals surface area contributed by atoms with Crippen LogP contribution in [0, 0.1) is 12.7 Å². The molecule has 0 aliphatic rings. The van der Waals surface area contributed by atoms with Gasteiger partial charge in [-0.15, -0.1) is 0 Å². The van der Waals surface area contributed by atoms with Gasteiger partial charge in [0.25, 0.3) is 0 Å². The van der Waals surface area contributed by atoms with Gasteiger partial charge in [0.15, 0.2) is 0 Å². The van der Waals surface area contributed by atoms with E-state index in [1.165, 1.54) is 12.1 Å². The molecule has 0 spiro atoms. The Labute approximate surface area is 184 Å². The van der Waals surface area contributed by atoms with E-state index in [1.54, 1.807) is 24.3 Å². The maximum atomic E-state index is 13.3. The van der Waals surface area contributed by atoms with Crippen LogP contribution in [0.15, 0.2) is 94.1 Å². The molecule has 0 saturated carbocycles.